The van der Waals surface area contributed by atoms with Crippen LogP contribution in [-0.4, -0.2) is 35.5 Å². The van der Waals surface area contributed by atoms with Crippen molar-refractivity contribution in [1.82, 2.24) is 4.90 Å². The van der Waals surface area contributed by atoms with Crippen molar-refractivity contribution in [2.75, 3.05) is 19.6 Å². The minimum Gasteiger partial charge on any atom is -0.411 e. The van der Waals surface area contributed by atoms with E-state index in [0.717, 1.165) is 38.2 Å². The van der Waals surface area contributed by atoms with E-state index >= 15 is 0 Å². The first-order valence-electron chi connectivity index (χ1n) is 4.64. The third kappa shape index (κ3) is 5.13. The van der Waals surface area contributed by atoms with E-state index in [9.17, 15) is 0 Å². The summed E-state index contributed by atoms with van der Waals surface area (Å²) >= 11 is 0. The van der Waals surface area contributed by atoms with Gasteiger partial charge in [-0.05, 0) is 39.4 Å². The van der Waals surface area contributed by atoms with Crippen molar-refractivity contribution in [3.8, 4) is 0 Å². The molecule has 0 heterocycles. The Bertz CT molecular complexity index is 130. The molecule has 0 unspecified atom stereocenters. The highest BCUT2D eigenvalue weighted by Gasteiger charge is 1.98. The fraction of sp³-hybridized carbons (Fsp3) is 0.889. The van der Waals surface area contributed by atoms with E-state index in [0.29, 0.717) is 0 Å². The van der Waals surface area contributed by atoms with E-state index < -0.39 is 0 Å². The smallest absolute Gasteiger partial charge is 0.0540 e. The van der Waals surface area contributed by atoms with E-state index in [1.165, 1.54) is 0 Å². The van der Waals surface area contributed by atoms with Crippen LogP contribution in [0.25, 0.3) is 0 Å². The summed E-state index contributed by atoms with van der Waals surface area (Å²) in [6.45, 7) is 9.48. The second-order valence-corrected chi connectivity index (χ2v) is 2.97. The molecular weight excluding hydrogens is 152 g/mol. The van der Waals surface area contributed by atoms with Gasteiger partial charge in [-0.1, -0.05) is 19.0 Å². The van der Waals surface area contributed by atoms with Crippen molar-refractivity contribution < 1.29 is 5.21 Å². The molecule has 0 amide bonds. The number of rotatable bonds is 6. The van der Waals surface area contributed by atoms with Gasteiger partial charge in [0.15, 0.2) is 0 Å². The highest BCUT2D eigenvalue weighted by Crippen LogP contribution is 1.96. The zero-order valence-corrected chi connectivity index (χ0v) is 8.38. The number of nitrogens with zero attached hydrogens (tertiary/aromatic N) is 2. The Morgan fingerprint density at radius 1 is 1.33 bits per heavy atom. The van der Waals surface area contributed by atoms with E-state index in [-0.39, 0.29) is 0 Å². The quantitative estimate of drug-likeness (QED) is 0.377. The lowest BCUT2D eigenvalue weighted by molar-refractivity contribution is 0.298. The van der Waals surface area contributed by atoms with Gasteiger partial charge < -0.3 is 10.1 Å². The second kappa shape index (κ2) is 7.10. The minimum absolute atomic E-state index is 0.821. The molecule has 0 aromatic heterocycles. The molecule has 0 aromatic rings. The zero-order valence-electron chi connectivity index (χ0n) is 8.38. The molecule has 0 saturated heterocycles. The summed E-state index contributed by atoms with van der Waals surface area (Å²) in [6.07, 6.45) is 1.98. The van der Waals surface area contributed by atoms with Crippen molar-refractivity contribution in [3.05, 3.63) is 0 Å². The summed E-state index contributed by atoms with van der Waals surface area (Å²) < 4.78 is 0. The van der Waals surface area contributed by atoms with Crippen LogP contribution in [0.4, 0.5) is 0 Å². The van der Waals surface area contributed by atoms with Crippen LogP contribution in [-0.2, 0) is 0 Å². The SMILES string of the molecule is CCN(CC)CCC/C(C)=N/O. The molecule has 0 aliphatic rings. The Balaban J connectivity index is 3.41. The molecule has 0 atom stereocenters. The molecule has 0 aromatic carbocycles. The number of hydrogen-bond donors (Lipinski definition) is 1. The van der Waals surface area contributed by atoms with Crippen molar-refractivity contribution in [2.45, 2.75) is 33.6 Å². The lowest BCUT2D eigenvalue weighted by Crippen LogP contribution is -2.24. The van der Waals surface area contributed by atoms with Gasteiger partial charge in [-0.2, -0.15) is 0 Å². The summed E-state index contributed by atoms with van der Waals surface area (Å²) in [5, 5.41) is 11.5. The Morgan fingerprint density at radius 2 is 1.92 bits per heavy atom. The monoisotopic (exact) mass is 172 g/mol. The molecule has 0 bridgehead atoms. The predicted molar refractivity (Wildman–Crippen MR) is 51.9 cm³/mol. The van der Waals surface area contributed by atoms with Crippen LogP contribution in [0.15, 0.2) is 5.16 Å². The summed E-state index contributed by atoms with van der Waals surface area (Å²) in [5.74, 6) is 0. The first-order chi connectivity index (χ1) is 5.74. The Morgan fingerprint density at radius 3 is 2.33 bits per heavy atom. The van der Waals surface area contributed by atoms with Gasteiger partial charge in [-0.25, -0.2) is 0 Å². The highest BCUT2D eigenvalue weighted by atomic mass is 16.4. The van der Waals surface area contributed by atoms with E-state index in [1.54, 1.807) is 0 Å². The third-order valence-electron chi connectivity index (χ3n) is 2.08. The fourth-order valence-corrected chi connectivity index (χ4v) is 1.15. The summed E-state index contributed by atoms with van der Waals surface area (Å²) in [5.41, 5.74) is 0.821. The molecule has 0 saturated carbocycles. The average Bonchev–Trinajstić information content (AvgIpc) is 2.12. The molecular formula is C9H20N2O. The Labute approximate surface area is 75.1 Å². The highest BCUT2D eigenvalue weighted by molar-refractivity contribution is 5.81. The molecule has 3 nitrogen and oxygen atoms in total. The Hall–Kier alpha value is -0.570. The van der Waals surface area contributed by atoms with Crippen LogP contribution in [0.3, 0.4) is 0 Å². The fourth-order valence-electron chi connectivity index (χ4n) is 1.15. The zero-order chi connectivity index (χ0) is 9.40. The van der Waals surface area contributed by atoms with Crippen molar-refractivity contribution in [1.29, 1.82) is 0 Å². The van der Waals surface area contributed by atoms with Gasteiger partial charge in [0, 0.05) is 0 Å². The van der Waals surface area contributed by atoms with Crippen LogP contribution >= 0.6 is 0 Å². The maximum atomic E-state index is 8.39. The predicted octanol–water partition coefficient (Wildman–Crippen LogP) is 1.96. The second-order valence-electron chi connectivity index (χ2n) is 2.97. The molecule has 72 valence electrons. The lowest BCUT2D eigenvalue weighted by atomic mass is 10.2. The normalized spacial score (nSPS) is 12.5. The van der Waals surface area contributed by atoms with Crippen LogP contribution < -0.4 is 0 Å². The first kappa shape index (κ1) is 11.4. The molecule has 0 radical (unpaired) electrons. The van der Waals surface area contributed by atoms with Crippen molar-refractivity contribution in [3.63, 3.8) is 0 Å². The molecule has 1 N–H and O–H groups in total. The van der Waals surface area contributed by atoms with Gasteiger partial charge in [0.05, 0.1) is 5.71 Å². The topological polar surface area (TPSA) is 35.8 Å². The van der Waals surface area contributed by atoms with Gasteiger partial charge in [0.1, 0.15) is 0 Å². The van der Waals surface area contributed by atoms with Gasteiger partial charge in [0.25, 0.3) is 0 Å². The van der Waals surface area contributed by atoms with Crippen LogP contribution in [0, 0.1) is 0 Å². The molecule has 0 spiro atoms. The van der Waals surface area contributed by atoms with Crippen molar-refractivity contribution >= 4 is 5.71 Å². The summed E-state index contributed by atoms with van der Waals surface area (Å²) in [7, 11) is 0. The van der Waals surface area contributed by atoms with Crippen molar-refractivity contribution in [2.24, 2.45) is 5.16 Å². The van der Waals surface area contributed by atoms with Gasteiger partial charge in [0.2, 0.25) is 0 Å². The van der Waals surface area contributed by atoms with Gasteiger partial charge >= 0.3 is 0 Å². The van der Waals surface area contributed by atoms with Crippen LogP contribution in [0.5, 0.6) is 0 Å². The van der Waals surface area contributed by atoms with E-state index in [4.69, 9.17) is 5.21 Å². The van der Waals surface area contributed by atoms with Gasteiger partial charge in [-0.15, -0.1) is 0 Å². The standard InChI is InChI=1S/C9H20N2O/c1-4-11(5-2)8-6-7-9(3)10-12/h12H,4-8H2,1-3H3/b10-9+. The molecule has 3 heteroatoms. The van der Waals surface area contributed by atoms with E-state index in [1.807, 2.05) is 6.92 Å². The average molecular weight is 172 g/mol. The number of hydrogen-bond acceptors (Lipinski definition) is 3. The molecule has 12 heavy (non-hydrogen) atoms. The molecule has 0 rings (SSSR count). The molecule has 0 aliphatic carbocycles. The van der Waals surface area contributed by atoms with Crippen LogP contribution in [0.2, 0.25) is 0 Å². The molecule has 0 fully saturated rings. The maximum Gasteiger partial charge on any atom is 0.0540 e. The van der Waals surface area contributed by atoms with Crippen LogP contribution in [0.1, 0.15) is 33.6 Å². The molecule has 0 aliphatic heterocycles. The first-order valence-corrected chi connectivity index (χ1v) is 4.64. The largest absolute Gasteiger partial charge is 0.411 e. The Kier molecular flexibility index (Phi) is 6.76. The summed E-state index contributed by atoms with van der Waals surface area (Å²) in [4.78, 5) is 2.37. The lowest BCUT2D eigenvalue weighted by Gasteiger charge is -2.17. The third-order valence-corrected chi connectivity index (χ3v) is 2.08. The summed E-state index contributed by atoms with van der Waals surface area (Å²) in [6, 6.07) is 0. The number of oxime groups is 1. The minimum atomic E-state index is 0.821. The van der Waals surface area contributed by atoms with E-state index in [2.05, 4.69) is 23.9 Å². The van der Waals surface area contributed by atoms with Gasteiger partial charge in [-0.3, -0.25) is 0 Å². The maximum absolute atomic E-state index is 8.39.